The number of hydrogen-bond donors (Lipinski definition) is 3. The Morgan fingerprint density at radius 3 is 2.40 bits per heavy atom. The standard InChI is InChI=1S/C30H43N5O4S/c1-21(29(36)32-19-23-12-13-23)31-20-27-16-24-11-7-10-22(14-24)8-5-6-9-25-15-26(30(37)33-27)18-28(17-25)35(4)40(38,39)34(2)3/h7,10-11,14-15,17-18,21,23,27,31H,5-6,8-9,12-13,16,19-20H2,1-4H3,(H,32,36)(H,33,37)/t21-,27-/m0/s1. The lowest BCUT2D eigenvalue weighted by atomic mass is 9.97. The number of anilines is 1. The van der Waals surface area contributed by atoms with Crippen LogP contribution in [0.25, 0.3) is 0 Å². The van der Waals surface area contributed by atoms with Crippen LogP contribution in [0.2, 0.25) is 0 Å². The molecule has 0 unspecified atom stereocenters. The Balaban J connectivity index is 1.57. The van der Waals surface area contributed by atoms with Gasteiger partial charge in [0.1, 0.15) is 0 Å². The Bertz CT molecular complexity index is 1310. The second-order valence-electron chi connectivity index (χ2n) is 11.4. The van der Waals surface area contributed by atoms with Crippen molar-refractivity contribution >= 4 is 27.7 Å². The number of benzene rings is 2. The van der Waals surface area contributed by atoms with E-state index >= 15 is 0 Å². The molecule has 2 aromatic rings. The molecule has 0 saturated heterocycles. The van der Waals surface area contributed by atoms with E-state index in [0.29, 0.717) is 36.7 Å². The first kappa shape index (κ1) is 30.0. The van der Waals surface area contributed by atoms with Gasteiger partial charge in [0.15, 0.2) is 0 Å². The van der Waals surface area contributed by atoms with E-state index in [1.165, 1.54) is 43.9 Å². The van der Waals surface area contributed by atoms with Gasteiger partial charge >= 0.3 is 10.2 Å². The molecule has 3 N–H and O–H groups in total. The third kappa shape index (κ3) is 8.05. The number of carbonyl (C=O) groups excluding carboxylic acids is 2. The first-order valence-corrected chi connectivity index (χ1v) is 15.6. The number of fused-ring (bicyclic) bond motifs is 4. The average molecular weight is 570 g/mol. The van der Waals surface area contributed by atoms with Gasteiger partial charge in [-0.1, -0.05) is 24.3 Å². The molecule has 1 fully saturated rings. The lowest BCUT2D eigenvalue weighted by molar-refractivity contribution is -0.122. The van der Waals surface area contributed by atoms with Gasteiger partial charge in [-0.2, -0.15) is 12.7 Å². The Kier molecular flexibility index (Phi) is 9.86. The minimum Gasteiger partial charge on any atom is -0.354 e. The zero-order valence-electron chi connectivity index (χ0n) is 24.1. The van der Waals surface area contributed by atoms with E-state index in [1.54, 1.807) is 6.07 Å². The topological polar surface area (TPSA) is 111 Å². The van der Waals surface area contributed by atoms with E-state index in [-0.39, 0.29) is 17.9 Å². The monoisotopic (exact) mass is 569 g/mol. The van der Waals surface area contributed by atoms with Gasteiger partial charge in [-0.25, -0.2) is 0 Å². The summed E-state index contributed by atoms with van der Waals surface area (Å²) in [6.07, 6.45) is 6.55. The highest BCUT2D eigenvalue weighted by molar-refractivity contribution is 7.90. The van der Waals surface area contributed by atoms with Gasteiger partial charge in [0.05, 0.1) is 11.7 Å². The third-order valence-electron chi connectivity index (χ3n) is 7.73. The van der Waals surface area contributed by atoms with E-state index in [1.807, 2.05) is 19.1 Å². The Morgan fingerprint density at radius 1 is 1.00 bits per heavy atom. The summed E-state index contributed by atoms with van der Waals surface area (Å²) < 4.78 is 28.1. The fourth-order valence-corrected chi connectivity index (χ4v) is 5.80. The molecule has 2 atom stereocenters. The summed E-state index contributed by atoms with van der Waals surface area (Å²) in [7, 11) is 0.763. The lowest BCUT2D eigenvalue weighted by Crippen LogP contribution is -2.49. The van der Waals surface area contributed by atoms with Gasteiger partial charge < -0.3 is 16.0 Å². The predicted molar refractivity (Wildman–Crippen MR) is 159 cm³/mol. The maximum atomic E-state index is 13.6. The molecule has 0 radical (unpaired) electrons. The molecule has 2 aromatic carbocycles. The van der Waals surface area contributed by atoms with Crippen LogP contribution in [0.3, 0.4) is 0 Å². The molecular formula is C30H43N5O4S. The predicted octanol–water partition coefficient (Wildman–Crippen LogP) is 2.65. The van der Waals surface area contributed by atoms with Crippen LogP contribution in [0.5, 0.6) is 0 Å². The van der Waals surface area contributed by atoms with Gasteiger partial charge in [-0.3, -0.25) is 13.9 Å². The van der Waals surface area contributed by atoms with E-state index in [0.717, 1.165) is 41.1 Å². The summed E-state index contributed by atoms with van der Waals surface area (Å²) in [6, 6.07) is 13.1. The van der Waals surface area contributed by atoms with Crippen LogP contribution in [0, 0.1) is 5.92 Å². The molecule has 0 aromatic heterocycles. The zero-order valence-corrected chi connectivity index (χ0v) is 24.9. The summed E-state index contributed by atoms with van der Waals surface area (Å²) >= 11 is 0. The molecule has 218 valence electrons. The van der Waals surface area contributed by atoms with Crippen molar-refractivity contribution in [2.75, 3.05) is 38.5 Å². The number of nitrogens with one attached hydrogen (secondary N) is 3. The van der Waals surface area contributed by atoms with Crippen molar-refractivity contribution in [3.05, 3.63) is 64.7 Å². The van der Waals surface area contributed by atoms with Crippen LogP contribution < -0.4 is 20.3 Å². The van der Waals surface area contributed by atoms with Crippen molar-refractivity contribution in [1.82, 2.24) is 20.3 Å². The first-order valence-electron chi connectivity index (χ1n) is 14.2. The maximum absolute atomic E-state index is 13.6. The maximum Gasteiger partial charge on any atom is 0.303 e. The van der Waals surface area contributed by atoms with E-state index in [9.17, 15) is 18.0 Å². The van der Waals surface area contributed by atoms with E-state index in [2.05, 4.69) is 40.2 Å². The number of aryl methyl sites for hydroxylation is 2. The summed E-state index contributed by atoms with van der Waals surface area (Å²) in [6.45, 7) is 2.97. The normalized spacial score (nSPS) is 18.9. The van der Waals surface area contributed by atoms with Crippen molar-refractivity contribution in [2.45, 2.75) is 64.0 Å². The molecule has 1 heterocycles. The van der Waals surface area contributed by atoms with Crippen LogP contribution in [-0.2, 0) is 34.3 Å². The van der Waals surface area contributed by atoms with Gasteiger partial charge in [0.25, 0.3) is 5.91 Å². The van der Waals surface area contributed by atoms with Crippen molar-refractivity contribution < 1.29 is 18.0 Å². The largest absolute Gasteiger partial charge is 0.354 e. The number of amides is 2. The molecule has 2 aliphatic rings. The highest BCUT2D eigenvalue weighted by atomic mass is 32.2. The van der Waals surface area contributed by atoms with Gasteiger partial charge in [0.2, 0.25) is 5.91 Å². The first-order chi connectivity index (χ1) is 19.0. The highest BCUT2D eigenvalue weighted by Gasteiger charge is 2.25. The minimum atomic E-state index is -3.72. The van der Waals surface area contributed by atoms with Crippen molar-refractivity contribution in [3.8, 4) is 0 Å². The molecule has 1 aliphatic heterocycles. The number of carbonyl (C=O) groups is 2. The van der Waals surface area contributed by atoms with Crippen molar-refractivity contribution in [2.24, 2.45) is 5.92 Å². The molecule has 4 rings (SSSR count). The highest BCUT2D eigenvalue weighted by Crippen LogP contribution is 2.27. The van der Waals surface area contributed by atoms with Crippen LogP contribution in [0.15, 0.2) is 42.5 Å². The average Bonchev–Trinajstić information content (AvgIpc) is 3.76. The molecular weight excluding hydrogens is 526 g/mol. The van der Waals surface area contributed by atoms with Gasteiger partial charge in [-0.05, 0) is 92.7 Å². The second kappa shape index (κ2) is 13.1. The van der Waals surface area contributed by atoms with Crippen LogP contribution >= 0.6 is 0 Å². The lowest BCUT2D eigenvalue weighted by Gasteiger charge is -2.25. The summed E-state index contributed by atoms with van der Waals surface area (Å²) in [5, 5.41) is 9.48. The number of nitrogens with zero attached hydrogens (tertiary/aromatic N) is 2. The van der Waals surface area contributed by atoms with Crippen LogP contribution in [0.4, 0.5) is 5.69 Å². The Morgan fingerprint density at radius 2 is 1.70 bits per heavy atom. The SMILES string of the molecule is C[C@H](NC[C@@H]1Cc2cccc(c2)CCCCc2cc(cc(N(C)S(=O)(=O)N(C)C)c2)C(=O)N1)C(=O)NCC1CC1. The zero-order chi connectivity index (χ0) is 28.9. The quantitative estimate of drug-likeness (QED) is 0.430. The summed E-state index contributed by atoms with van der Waals surface area (Å²) in [5.41, 5.74) is 4.17. The Hall–Kier alpha value is -2.95. The molecule has 4 bridgehead atoms. The van der Waals surface area contributed by atoms with E-state index in [4.69, 9.17) is 0 Å². The molecule has 0 spiro atoms. The Labute approximate surface area is 238 Å². The summed E-state index contributed by atoms with van der Waals surface area (Å²) in [5.74, 6) is 0.294. The van der Waals surface area contributed by atoms with Gasteiger partial charge in [0, 0.05) is 45.8 Å². The number of hydrogen-bond acceptors (Lipinski definition) is 5. The summed E-state index contributed by atoms with van der Waals surface area (Å²) in [4.78, 5) is 26.2. The number of rotatable bonds is 9. The van der Waals surface area contributed by atoms with Gasteiger partial charge in [-0.15, -0.1) is 0 Å². The fourth-order valence-electron chi connectivity index (χ4n) is 4.94. The minimum absolute atomic E-state index is 0.0383. The molecule has 1 aliphatic carbocycles. The van der Waals surface area contributed by atoms with Crippen LogP contribution in [0.1, 0.15) is 59.7 Å². The smallest absolute Gasteiger partial charge is 0.303 e. The van der Waals surface area contributed by atoms with E-state index < -0.39 is 16.3 Å². The van der Waals surface area contributed by atoms with Crippen molar-refractivity contribution in [3.63, 3.8) is 0 Å². The molecule has 2 amide bonds. The molecule has 10 heteroatoms. The third-order valence-corrected chi connectivity index (χ3v) is 9.55. The second-order valence-corrected chi connectivity index (χ2v) is 13.5. The van der Waals surface area contributed by atoms with Crippen LogP contribution in [-0.4, -0.2) is 70.9 Å². The molecule has 9 nitrogen and oxygen atoms in total. The molecule has 40 heavy (non-hydrogen) atoms. The van der Waals surface area contributed by atoms with Crippen molar-refractivity contribution in [1.29, 1.82) is 0 Å². The molecule has 1 saturated carbocycles. The fraction of sp³-hybridized carbons (Fsp3) is 0.533.